The molecular weight excluding hydrogens is 254 g/mol. The summed E-state index contributed by atoms with van der Waals surface area (Å²) in [6.45, 7) is 1.79. The van der Waals surface area contributed by atoms with Crippen LogP contribution in [0.15, 0.2) is 42.5 Å². The van der Waals surface area contributed by atoms with Gasteiger partial charge >= 0.3 is 5.69 Å². The van der Waals surface area contributed by atoms with Crippen LogP contribution in [0.1, 0.15) is 5.56 Å². The second kappa shape index (κ2) is 5.06. The minimum Gasteiger partial charge on any atom is -0.450 e. The Hall–Kier alpha value is -2.07. The van der Waals surface area contributed by atoms with Crippen LogP contribution in [0.3, 0.4) is 0 Å². The highest BCUT2D eigenvalue weighted by atomic mass is 35.5. The van der Waals surface area contributed by atoms with E-state index < -0.39 is 4.92 Å². The fourth-order valence-electron chi connectivity index (χ4n) is 1.51. The molecule has 5 heteroatoms. The number of ether oxygens (including phenoxy) is 1. The van der Waals surface area contributed by atoms with Crippen LogP contribution in [0.4, 0.5) is 5.69 Å². The minimum absolute atomic E-state index is 0.0602. The Kier molecular flexibility index (Phi) is 3.48. The van der Waals surface area contributed by atoms with Gasteiger partial charge in [-0.05, 0) is 36.8 Å². The lowest BCUT2D eigenvalue weighted by Crippen LogP contribution is -1.94. The molecule has 18 heavy (non-hydrogen) atoms. The van der Waals surface area contributed by atoms with Crippen molar-refractivity contribution in [1.82, 2.24) is 0 Å². The number of nitro groups is 1. The number of hydrogen-bond donors (Lipinski definition) is 0. The highest BCUT2D eigenvalue weighted by Gasteiger charge is 2.15. The van der Waals surface area contributed by atoms with Crippen molar-refractivity contribution in [3.05, 3.63) is 63.2 Å². The molecule has 0 aliphatic carbocycles. The van der Waals surface area contributed by atoms with Gasteiger partial charge in [0.2, 0.25) is 5.75 Å². The van der Waals surface area contributed by atoms with Crippen LogP contribution in [-0.4, -0.2) is 4.92 Å². The largest absolute Gasteiger partial charge is 0.450 e. The Morgan fingerprint density at radius 1 is 1.22 bits per heavy atom. The number of benzene rings is 2. The van der Waals surface area contributed by atoms with Crippen molar-refractivity contribution in [2.75, 3.05) is 0 Å². The van der Waals surface area contributed by atoms with Crippen LogP contribution in [0.25, 0.3) is 0 Å². The maximum atomic E-state index is 10.9. The monoisotopic (exact) mass is 263 g/mol. The average Bonchev–Trinajstić information content (AvgIpc) is 2.31. The molecule has 2 aromatic rings. The van der Waals surface area contributed by atoms with Crippen LogP contribution < -0.4 is 4.74 Å². The second-order valence-corrected chi connectivity index (χ2v) is 4.22. The zero-order chi connectivity index (χ0) is 13.1. The molecule has 0 atom stereocenters. The molecule has 0 aliphatic rings. The van der Waals surface area contributed by atoms with E-state index in [1.807, 2.05) is 0 Å². The van der Waals surface area contributed by atoms with Crippen LogP contribution in [0.2, 0.25) is 5.02 Å². The third kappa shape index (κ3) is 2.78. The van der Waals surface area contributed by atoms with Gasteiger partial charge in [-0.25, -0.2) is 0 Å². The predicted molar refractivity (Wildman–Crippen MR) is 69.4 cm³/mol. The zero-order valence-electron chi connectivity index (χ0n) is 9.59. The lowest BCUT2D eigenvalue weighted by molar-refractivity contribution is -0.385. The van der Waals surface area contributed by atoms with Gasteiger partial charge in [-0.2, -0.15) is 0 Å². The maximum Gasteiger partial charge on any atom is 0.311 e. The Morgan fingerprint density at radius 2 is 2.00 bits per heavy atom. The first kappa shape index (κ1) is 12.4. The predicted octanol–water partition coefficient (Wildman–Crippen LogP) is 4.35. The van der Waals surface area contributed by atoms with E-state index in [2.05, 4.69) is 0 Å². The van der Waals surface area contributed by atoms with Gasteiger partial charge in [0.1, 0.15) is 5.75 Å². The number of rotatable bonds is 3. The van der Waals surface area contributed by atoms with E-state index in [1.54, 1.807) is 43.3 Å². The molecule has 0 unspecified atom stereocenters. The summed E-state index contributed by atoms with van der Waals surface area (Å²) in [5, 5.41) is 11.4. The van der Waals surface area contributed by atoms with Crippen molar-refractivity contribution in [3.63, 3.8) is 0 Å². The van der Waals surface area contributed by atoms with E-state index in [1.165, 1.54) is 6.07 Å². The van der Waals surface area contributed by atoms with Crippen LogP contribution in [-0.2, 0) is 0 Å². The molecule has 0 aliphatic heterocycles. The van der Waals surface area contributed by atoms with Crippen molar-refractivity contribution in [1.29, 1.82) is 0 Å². The molecule has 0 fully saturated rings. The van der Waals surface area contributed by atoms with Crippen molar-refractivity contribution < 1.29 is 9.66 Å². The molecule has 4 nitrogen and oxygen atoms in total. The minimum atomic E-state index is -0.465. The molecule has 0 heterocycles. The Morgan fingerprint density at radius 3 is 2.67 bits per heavy atom. The van der Waals surface area contributed by atoms with Gasteiger partial charge in [0, 0.05) is 11.1 Å². The van der Waals surface area contributed by atoms with E-state index in [0.29, 0.717) is 10.8 Å². The van der Waals surface area contributed by atoms with Crippen molar-refractivity contribution in [2.24, 2.45) is 0 Å². The normalized spacial score (nSPS) is 10.1. The zero-order valence-corrected chi connectivity index (χ0v) is 10.3. The van der Waals surface area contributed by atoms with Crippen molar-refractivity contribution >= 4 is 17.3 Å². The molecule has 0 saturated carbocycles. The first-order valence-corrected chi connectivity index (χ1v) is 5.62. The SMILES string of the molecule is Cc1ccc(Oc2cccc(Cl)c2)c([N+](=O)[O-])c1. The fourth-order valence-corrected chi connectivity index (χ4v) is 1.69. The summed E-state index contributed by atoms with van der Waals surface area (Å²) in [4.78, 5) is 10.5. The van der Waals surface area contributed by atoms with Crippen molar-refractivity contribution in [3.8, 4) is 11.5 Å². The number of aryl methyl sites for hydroxylation is 1. The summed E-state index contributed by atoms with van der Waals surface area (Å²) < 4.78 is 5.48. The maximum absolute atomic E-state index is 10.9. The molecule has 0 aromatic heterocycles. The molecule has 2 aromatic carbocycles. The van der Waals surface area contributed by atoms with E-state index in [4.69, 9.17) is 16.3 Å². The number of hydrogen-bond acceptors (Lipinski definition) is 3. The van der Waals surface area contributed by atoms with Crippen molar-refractivity contribution in [2.45, 2.75) is 6.92 Å². The molecule has 0 radical (unpaired) electrons. The summed E-state index contributed by atoms with van der Waals surface area (Å²) in [6.07, 6.45) is 0. The third-order valence-electron chi connectivity index (χ3n) is 2.34. The molecule has 0 bridgehead atoms. The van der Waals surface area contributed by atoms with Gasteiger partial charge in [0.15, 0.2) is 0 Å². The summed E-state index contributed by atoms with van der Waals surface area (Å²) >= 11 is 5.82. The molecule has 0 spiro atoms. The molecular formula is C13H10ClNO3. The first-order chi connectivity index (χ1) is 8.56. The second-order valence-electron chi connectivity index (χ2n) is 3.79. The molecule has 0 N–H and O–H groups in total. The van der Waals surface area contributed by atoms with Gasteiger partial charge < -0.3 is 4.74 Å². The molecule has 92 valence electrons. The van der Waals surface area contributed by atoms with E-state index in [-0.39, 0.29) is 11.4 Å². The van der Waals surface area contributed by atoms with Gasteiger partial charge in [-0.1, -0.05) is 23.7 Å². The van der Waals surface area contributed by atoms with Crippen LogP contribution >= 0.6 is 11.6 Å². The topological polar surface area (TPSA) is 52.4 Å². The highest BCUT2D eigenvalue weighted by Crippen LogP contribution is 2.32. The van der Waals surface area contributed by atoms with Gasteiger partial charge in [-0.3, -0.25) is 10.1 Å². The average molecular weight is 264 g/mol. The standard InChI is InChI=1S/C13H10ClNO3/c1-9-5-6-13(12(7-9)15(16)17)18-11-4-2-3-10(14)8-11/h2-8H,1H3. The number of nitrogens with zero attached hydrogens (tertiary/aromatic N) is 1. The summed E-state index contributed by atoms with van der Waals surface area (Å²) in [5.74, 6) is 0.669. The number of halogens is 1. The van der Waals surface area contributed by atoms with E-state index in [0.717, 1.165) is 5.56 Å². The Bertz CT molecular complexity index is 599. The summed E-state index contributed by atoms with van der Waals surface area (Å²) in [6, 6.07) is 11.5. The van der Waals surface area contributed by atoms with Gasteiger partial charge in [-0.15, -0.1) is 0 Å². The Balaban J connectivity index is 2.37. The van der Waals surface area contributed by atoms with E-state index in [9.17, 15) is 10.1 Å². The molecule has 0 saturated heterocycles. The number of nitro benzene ring substituents is 1. The van der Waals surface area contributed by atoms with Crippen LogP contribution in [0.5, 0.6) is 11.5 Å². The summed E-state index contributed by atoms with van der Waals surface area (Å²) in [5.41, 5.74) is 0.745. The third-order valence-corrected chi connectivity index (χ3v) is 2.57. The lowest BCUT2D eigenvalue weighted by Gasteiger charge is -2.07. The quantitative estimate of drug-likeness (QED) is 0.611. The van der Waals surface area contributed by atoms with Gasteiger partial charge in [0.05, 0.1) is 4.92 Å². The fraction of sp³-hybridized carbons (Fsp3) is 0.0769. The summed E-state index contributed by atoms with van der Waals surface area (Å²) in [7, 11) is 0. The van der Waals surface area contributed by atoms with Crippen LogP contribution in [0, 0.1) is 17.0 Å². The van der Waals surface area contributed by atoms with E-state index >= 15 is 0 Å². The smallest absolute Gasteiger partial charge is 0.311 e. The highest BCUT2D eigenvalue weighted by molar-refractivity contribution is 6.30. The molecule has 0 amide bonds. The van der Waals surface area contributed by atoms with Gasteiger partial charge in [0.25, 0.3) is 0 Å². The lowest BCUT2D eigenvalue weighted by atomic mass is 10.2. The first-order valence-electron chi connectivity index (χ1n) is 5.25. The Labute approximate surface area is 109 Å². The molecule has 2 rings (SSSR count).